The highest BCUT2D eigenvalue weighted by molar-refractivity contribution is 6.44. The first-order valence-electron chi connectivity index (χ1n) is 6.05. The van der Waals surface area contributed by atoms with E-state index in [0.29, 0.717) is 21.8 Å². The van der Waals surface area contributed by atoms with Crippen molar-refractivity contribution < 1.29 is 4.79 Å². The first kappa shape index (κ1) is 13.7. The van der Waals surface area contributed by atoms with Gasteiger partial charge in [0.1, 0.15) is 0 Å². The summed E-state index contributed by atoms with van der Waals surface area (Å²) in [6.07, 6.45) is 0. The molecule has 0 spiro atoms. The van der Waals surface area contributed by atoms with Crippen LogP contribution in [0.4, 0.5) is 11.4 Å². The Balaban J connectivity index is 1.97. The topological polar surface area (TPSA) is 83.8 Å². The highest BCUT2D eigenvalue weighted by Gasteiger charge is 2.16. The standard InChI is InChI=1S/C14H10Cl2N4O/c15-9-2-1-3-11(12(9)16)18-14(21)13-8-6-7(17)4-5-10(8)19-20-13/h1-6H,17H2,(H,18,21)(H,19,20). The number of rotatable bonds is 2. The Morgan fingerprint density at radius 2 is 2.05 bits per heavy atom. The second-order valence-corrected chi connectivity index (χ2v) is 5.22. The number of aromatic amines is 1. The number of aromatic nitrogens is 2. The molecule has 0 saturated heterocycles. The minimum atomic E-state index is -0.393. The molecule has 0 unspecified atom stereocenters. The maximum Gasteiger partial charge on any atom is 0.276 e. The number of anilines is 2. The molecule has 2 aromatic carbocycles. The quantitative estimate of drug-likeness (QED) is 0.629. The maximum atomic E-state index is 12.3. The Morgan fingerprint density at radius 3 is 2.86 bits per heavy atom. The van der Waals surface area contributed by atoms with Gasteiger partial charge >= 0.3 is 0 Å². The number of fused-ring (bicyclic) bond motifs is 1. The Labute approximate surface area is 130 Å². The summed E-state index contributed by atoms with van der Waals surface area (Å²) in [5, 5.41) is 10.8. The lowest BCUT2D eigenvalue weighted by Crippen LogP contribution is -2.13. The highest BCUT2D eigenvalue weighted by atomic mass is 35.5. The van der Waals surface area contributed by atoms with Crippen LogP contribution in [0.2, 0.25) is 10.0 Å². The summed E-state index contributed by atoms with van der Waals surface area (Å²) in [6.45, 7) is 0. The third kappa shape index (κ3) is 2.53. The minimum Gasteiger partial charge on any atom is -0.399 e. The number of halogens is 2. The van der Waals surface area contributed by atoms with Crippen LogP contribution >= 0.6 is 23.2 Å². The van der Waals surface area contributed by atoms with Crippen molar-refractivity contribution in [3.63, 3.8) is 0 Å². The average Bonchev–Trinajstić information content (AvgIpc) is 2.87. The Kier molecular flexibility index (Phi) is 3.45. The number of carbonyl (C=O) groups excluding carboxylic acids is 1. The van der Waals surface area contributed by atoms with Gasteiger partial charge < -0.3 is 11.1 Å². The van der Waals surface area contributed by atoms with E-state index < -0.39 is 5.91 Å². The van der Waals surface area contributed by atoms with Crippen molar-refractivity contribution >= 4 is 51.4 Å². The van der Waals surface area contributed by atoms with E-state index in [0.717, 1.165) is 5.52 Å². The number of hydrogen-bond donors (Lipinski definition) is 3. The molecule has 0 atom stereocenters. The summed E-state index contributed by atoms with van der Waals surface area (Å²) >= 11 is 12.0. The molecule has 1 aromatic heterocycles. The van der Waals surface area contributed by atoms with Crippen LogP contribution < -0.4 is 11.1 Å². The van der Waals surface area contributed by atoms with Crippen LogP contribution in [0.5, 0.6) is 0 Å². The zero-order chi connectivity index (χ0) is 15.0. The van der Waals surface area contributed by atoms with E-state index in [-0.39, 0.29) is 10.7 Å². The molecule has 0 aliphatic carbocycles. The van der Waals surface area contributed by atoms with Gasteiger partial charge in [-0.05, 0) is 30.3 Å². The van der Waals surface area contributed by atoms with E-state index in [2.05, 4.69) is 15.5 Å². The first-order valence-corrected chi connectivity index (χ1v) is 6.81. The average molecular weight is 321 g/mol. The van der Waals surface area contributed by atoms with E-state index in [1.54, 1.807) is 36.4 Å². The smallest absolute Gasteiger partial charge is 0.276 e. The van der Waals surface area contributed by atoms with Gasteiger partial charge in [0.05, 0.1) is 21.2 Å². The molecular weight excluding hydrogens is 311 g/mol. The predicted octanol–water partition coefficient (Wildman–Crippen LogP) is 3.70. The summed E-state index contributed by atoms with van der Waals surface area (Å²) in [6, 6.07) is 10.2. The van der Waals surface area contributed by atoms with E-state index in [1.807, 2.05) is 0 Å². The van der Waals surface area contributed by atoms with Crippen molar-refractivity contribution in [2.24, 2.45) is 0 Å². The van der Waals surface area contributed by atoms with Crippen LogP contribution in [-0.2, 0) is 0 Å². The van der Waals surface area contributed by atoms with Gasteiger partial charge in [-0.15, -0.1) is 0 Å². The van der Waals surface area contributed by atoms with Crippen LogP contribution in [-0.4, -0.2) is 16.1 Å². The number of hydrogen-bond acceptors (Lipinski definition) is 3. The van der Waals surface area contributed by atoms with Crippen LogP contribution in [0.25, 0.3) is 10.9 Å². The molecular formula is C14H10Cl2N4O. The lowest BCUT2D eigenvalue weighted by molar-refractivity contribution is 0.102. The predicted molar refractivity (Wildman–Crippen MR) is 84.9 cm³/mol. The van der Waals surface area contributed by atoms with E-state index in [9.17, 15) is 4.79 Å². The molecule has 7 heteroatoms. The summed E-state index contributed by atoms with van der Waals surface area (Å²) < 4.78 is 0. The van der Waals surface area contributed by atoms with Gasteiger partial charge in [0.25, 0.3) is 5.91 Å². The molecule has 0 aliphatic heterocycles. The number of benzene rings is 2. The van der Waals surface area contributed by atoms with Crippen LogP contribution in [0.15, 0.2) is 36.4 Å². The molecule has 5 nitrogen and oxygen atoms in total. The van der Waals surface area contributed by atoms with Crippen molar-refractivity contribution in [3.8, 4) is 0 Å². The van der Waals surface area contributed by atoms with Gasteiger partial charge in [0.15, 0.2) is 5.69 Å². The molecule has 0 aliphatic rings. The summed E-state index contributed by atoms with van der Waals surface area (Å²) in [7, 11) is 0. The molecule has 3 rings (SSSR count). The second kappa shape index (κ2) is 5.27. The summed E-state index contributed by atoms with van der Waals surface area (Å²) in [5.74, 6) is -0.393. The molecule has 3 aromatic rings. The number of nitrogen functional groups attached to an aromatic ring is 1. The summed E-state index contributed by atoms with van der Waals surface area (Å²) in [4.78, 5) is 12.3. The van der Waals surface area contributed by atoms with E-state index in [4.69, 9.17) is 28.9 Å². The van der Waals surface area contributed by atoms with Gasteiger partial charge in [-0.3, -0.25) is 9.89 Å². The molecule has 0 saturated carbocycles. The zero-order valence-electron chi connectivity index (χ0n) is 10.7. The van der Waals surface area contributed by atoms with Gasteiger partial charge in [-0.25, -0.2) is 0 Å². The van der Waals surface area contributed by atoms with Gasteiger partial charge in [-0.1, -0.05) is 29.3 Å². The molecule has 106 valence electrons. The molecule has 0 radical (unpaired) electrons. The maximum absolute atomic E-state index is 12.3. The zero-order valence-corrected chi connectivity index (χ0v) is 12.2. The Bertz CT molecular complexity index is 844. The fraction of sp³-hybridized carbons (Fsp3) is 0. The monoisotopic (exact) mass is 320 g/mol. The fourth-order valence-electron chi connectivity index (χ4n) is 1.99. The highest BCUT2D eigenvalue weighted by Crippen LogP contribution is 2.30. The number of H-pyrrole nitrogens is 1. The number of nitrogens with zero attached hydrogens (tertiary/aromatic N) is 1. The minimum absolute atomic E-state index is 0.244. The van der Waals surface area contributed by atoms with Gasteiger partial charge in [-0.2, -0.15) is 5.10 Å². The molecule has 0 bridgehead atoms. The molecule has 1 heterocycles. The van der Waals surface area contributed by atoms with Gasteiger partial charge in [0.2, 0.25) is 0 Å². The third-order valence-corrected chi connectivity index (χ3v) is 3.82. The SMILES string of the molecule is Nc1ccc2[nH]nc(C(=O)Nc3cccc(Cl)c3Cl)c2c1. The van der Waals surface area contributed by atoms with E-state index in [1.165, 1.54) is 0 Å². The van der Waals surface area contributed by atoms with Crippen molar-refractivity contribution in [2.75, 3.05) is 11.1 Å². The number of nitrogens with one attached hydrogen (secondary N) is 2. The second-order valence-electron chi connectivity index (χ2n) is 4.43. The number of amides is 1. The van der Waals surface area contributed by atoms with Crippen LogP contribution in [0, 0.1) is 0 Å². The lowest BCUT2D eigenvalue weighted by atomic mass is 10.2. The van der Waals surface area contributed by atoms with Crippen molar-refractivity contribution in [2.45, 2.75) is 0 Å². The summed E-state index contributed by atoms with van der Waals surface area (Å²) in [5.41, 5.74) is 7.69. The van der Waals surface area contributed by atoms with E-state index >= 15 is 0 Å². The fourth-order valence-corrected chi connectivity index (χ4v) is 2.33. The molecule has 4 N–H and O–H groups in total. The molecule has 21 heavy (non-hydrogen) atoms. The molecule has 1 amide bonds. The molecule has 0 fully saturated rings. The van der Waals surface area contributed by atoms with Crippen LogP contribution in [0.3, 0.4) is 0 Å². The third-order valence-electron chi connectivity index (χ3n) is 3.00. The van der Waals surface area contributed by atoms with Crippen molar-refractivity contribution in [1.29, 1.82) is 0 Å². The van der Waals surface area contributed by atoms with Crippen molar-refractivity contribution in [1.82, 2.24) is 10.2 Å². The lowest BCUT2D eigenvalue weighted by Gasteiger charge is -2.07. The Hall–Kier alpha value is -2.24. The Morgan fingerprint density at radius 1 is 1.24 bits per heavy atom. The van der Waals surface area contributed by atoms with Crippen molar-refractivity contribution in [3.05, 3.63) is 52.1 Å². The van der Waals surface area contributed by atoms with Gasteiger partial charge in [0, 0.05) is 11.1 Å². The number of carbonyl (C=O) groups is 1. The van der Waals surface area contributed by atoms with Crippen LogP contribution in [0.1, 0.15) is 10.5 Å². The number of nitrogens with two attached hydrogens (primary N) is 1. The largest absolute Gasteiger partial charge is 0.399 e. The first-order chi connectivity index (χ1) is 10.1. The normalized spacial score (nSPS) is 10.8.